The van der Waals surface area contributed by atoms with Gasteiger partial charge in [-0.3, -0.25) is 28.9 Å². The van der Waals surface area contributed by atoms with E-state index in [0.717, 1.165) is 40.1 Å². The molecule has 0 radical (unpaired) electrons. The lowest BCUT2D eigenvalue weighted by Crippen LogP contribution is -2.49. The summed E-state index contributed by atoms with van der Waals surface area (Å²) in [6.45, 7) is 1.47. The number of hydrogen-bond donors (Lipinski definition) is 1. The van der Waals surface area contributed by atoms with Gasteiger partial charge >= 0.3 is 6.36 Å². The minimum Gasteiger partial charge on any atom is -0.508 e. The molecule has 2 aliphatic heterocycles. The van der Waals surface area contributed by atoms with Gasteiger partial charge < -0.3 is 9.84 Å². The molecule has 4 aromatic rings. The van der Waals surface area contributed by atoms with Crippen LogP contribution in [0.15, 0.2) is 103 Å². The van der Waals surface area contributed by atoms with E-state index < -0.39 is 82.3 Å². The summed E-state index contributed by atoms with van der Waals surface area (Å²) in [7, 11) is 0. The molecule has 2 aliphatic carbocycles. The van der Waals surface area contributed by atoms with Gasteiger partial charge in [0.15, 0.2) is 5.78 Å². The number of ketones is 1. The van der Waals surface area contributed by atoms with Crippen LogP contribution < -0.4 is 14.5 Å². The molecule has 2 heterocycles. The number of carbonyl (C=O) groups excluding carboxylic acids is 5. The van der Waals surface area contributed by atoms with Crippen LogP contribution in [0.4, 0.5) is 28.9 Å². The van der Waals surface area contributed by atoms with E-state index in [4.69, 9.17) is 11.6 Å². The number of fused-ring (bicyclic) bond motifs is 4. The van der Waals surface area contributed by atoms with Crippen LogP contribution in [0.2, 0.25) is 5.02 Å². The normalized spacial score (nSPS) is 26.1. The van der Waals surface area contributed by atoms with Crippen molar-refractivity contribution in [1.82, 2.24) is 0 Å². The monoisotopic (exact) mass is 772 g/mol. The van der Waals surface area contributed by atoms with Crippen molar-refractivity contribution in [2.45, 2.75) is 32.0 Å². The number of benzene rings is 4. The molecule has 0 aromatic heterocycles. The van der Waals surface area contributed by atoms with Gasteiger partial charge in [0.25, 0.3) is 0 Å². The van der Waals surface area contributed by atoms with Gasteiger partial charge in [-0.2, -0.15) is 0 Å². The lowest BCUT2D eigenvalue weighted by atomic mass is 9.51. The highest BCUT2D eigenvalue weighted by Gasteiger charge is 2.68. The maximum atomic E-state index is 14.6. The lowest BCUT2D eigenvalue weighted by molar-refractivity contribution is -0.274. The van der Waals surface area contributed by atoms with Crippen LogP contribution in [-0.4, -0.2) is 40.9 Å². The first-order valence-electron chi connectivity index (χ1n) is 17.3. The van der Waals surface area contributed by atoms with Crippen LogP contribution in [-0.2, 0) is 19.2 Å². The largest absolute Gasteiger partial charge is 0.573 e. The zero-order valence-corrected chi connectivity index (χ0v) is 29.5. The van der Waals surface area contributed by atoms with Crippen molar-refractivity contribution >= 4 is 52.4 Å². The molecule has 4 aliphatic rings. The summed E-state index contributed by atoms with van der Waals surface area (Å²) in [4.78, 5) is 72.4. The third kappa shape index (κ3) is 5.71. The number of nitrogens with zero attached hydrogens (tertiary/aromatic N) is 2. The number of aromatic hydroxyl groups is 1. The van der Waals surface area contributed by atoms with Crippen LogP contribution >= 0.6 is 11.6 Å². The average Bonchev–Trinajstić information content (AvgIpc) is 3.52. The molecule has 9 nitrogen and oxygen atoms in total. The number of amides is 4. The van der Waals surface area contributed by atoms with E-state index >= 15 is 0 Å². The van der Waals surface area contributed by atoms with Crippen LogP contribution in [0.3, 0.4) is 0 Å². The zero-order valence-electron chi connectivity index (χ0n) is 28.7. The number of phenolic OH excluding ortho intramolecular Hbond substituents is 1. The van der Waals surface area contributed by atoms with Gasteiger partial charge in [-0.05, 0) is 86.3 Å². The fraction of sp³-hybridized carbons (Fsp3) is 0.244. The predicted octanol–water partition coefficient (Wildman–Crippen LogP) is 7.75. The SMILES string of the molecule is CC12C(=O)N(c3ccc(F)c(Cl)c3)C(=O)C1CC1C(=CCC3C(=O)N(c4ccc(C(=O)c5ccccc5)cc4)C(=O)C31)C2c1cc(OC(F)(F)F)ccc1O. The van der Waals surface area contributed by atoms with Crippen LogP contribution in [0.25, 0.3) is 0 Å². The third-order valence-electron chi connectivity index (χ3n) is 11.4. The minimum absolute atomic E-state index is 0.0122. The Labute approximate surface area is 315 Å². The molecule has 0 bridgehead atoms. The molecule has 280 valence electrons. The molecule has 6 atom stereocenters. The maximum absolute atomic E-state index is 14.6. The lowest BCUT2D eigenvalue weighted by Gasteiger charge is -2.49. The summed E-state index contributed by atoms with van der Waals surface area (Å²) in [6, 6.07) is 20.7. The number of rotatable bonds is 6. The second-order valence-corrected chi connectivity index (χ2v) is 14.7. The molecule has 1 N–H and O–H groups in total. The van der Waals surface area contributed by atoms with Crippen molar-refractivity contribution in [3.05, 3.63) is 130 Å². The third-order valence-corrected chi connectivity index (χ3v) is 11.7. The van der Waals surface area contributed by atoms with Gasteiger partial charge in [-0.25, -0.2) is 9.29 Å². The molecule has 8 rings (SSSR count). The Balaban J connectivity index is 1.21. The van der Waals surface area contributed by atoms with E-state index in [1.54, 1.807) is 36.4 Å². The van der Waals surface area contributed by atoms with Crippen molar-refractivity contribution in [2.24, 2.45) is 29.1 Å². The van der Waals surface area contributed by atoms with Crippen molar-refractivity contribution in [1.29, 1.82) is 0 Å². The van der Waals surface area contributed by atoms with Crippen molar-refractivity contribution in [3.63, 3.8) is 0 Å². The average molecular weight is 773 g/mol. The van der Waals surface area contributed by atoms with Crippen molar-refractivity contribution < 1.29 is 51.4 Å². The van der Waals surface area contributed by atoms with E-state index in [1.165, 1.54) is 37.3 Å². The molecule has 14 heteroatoms. The van der Waals surface area contributed by atoms with Gasteiger partial charge in [-0.1, -0.05) is 53.6 Å². The Kier molecular flexibility index (Phi) is 8.48. The fourth-order valence-corrected chi connectivity index (χ4v) is 9.14. The highest BCUT2D eigenvalue weighted by molar-refractivity contribution is 6.32. The predicted molar refractivity (Wildman–Crippen MR) is 190 cm³/mol. The number of ether oxygens (including phenoxy) is 1. The first-order chi connectivity index (χ1) is 26.1. The Hall–Kier alpha value is -5.82. The van der Waals surface area contributed by atoms with Crippen LogP contribution in [0.5, 0.6) is 11.5 Å². The molecule has 3 fully saturated rings. The highest BCUT2D eigenvalue weighted by Crippen LogP contribution is 2.64. The summed E-state index contributed by atoms with van der Waals surface area (Å²) in [5.74, 6) is -10.1. The van der Waals surface area contributed by atoms with Crippen molar-refractivity contribution in [2.75, 3.05) is 9.80 Å². The van der Waals surface area contributed by atoms with E-state index in [2.05, 4.69) is 4.74 Å². The molecule has 4 amide bonds. The molecular formula is C41H29ClF4N2O7. The fourth-order valence-electron chi connectivity index (χ4n) is 8.96. The smallest absolute Gasteiger partial charge is 0.508 e. The minimum atomic E-state index is -5.10. The topological polar surface area (TPSA) is 121 Å². The van der Waals surface area contributed by atoms with E-state index in [0.29, 0.717) is 16.7 Å². The summed E-state index contributed by atoms with van der Waals surface area (Å²) >= 11 is 6.03. The molecule has 0 spiro atoms. The molecule has 2 saturated heterocycles. The first kappa shape index (κ1) is 36.2. The van der Waals surface area contributed by atoms with Gasteiger partial charge in [0.05, 0.1) is 39.6 Å². The molecule has 4 aromatic carbocycles. The Morgan fingerprint density at radius 3 is 2.18 bits per heavy atom. The summed E-state index contributed by atoms with van der Waals surface area (Å²) in [6.07, 6.45) is -3.52. The van der Waals surface area contributed by atoms with Crippen LogP contribution in [0, 0.1) is 34.9 Å². The molecule has 1 saturated carbocycles. The van der Waals surface area contributed by atoms with Gasteiger partial charge in [0.2, 0.25) is 23.6 Å². The number of anilines is 2. The van der Waals surface area contributed by atoms with Gasteiger partial charge in [0, 0.05) is 22.6 Å². The van der Waals surface area contributed by atoms with Crippen LogP contribution in [0.1, 0.15) is 47.2 Å². The highest BCUT2D eigenvalue weighted by atomic mass is 35.5. The second kappa shape index (κ2) is 12.9. The Morgan fingerprint density at radius 1 is 0.836 bits per heavy atom. The number of hydrogen-bond acceptors (Lipinski definition) is 7. The number of alkyl halides is 3. The number of halogens is 5. The number of carbonyl (C=O) groups is 5. The summed E-state index contributed by atoms with van der Waals surface area (Å²) in [5, 5.41) is 10.9. The van der Waals surface area contributed by atoms with E-state index in [1.807, 2.05) is 0 Å². The number of allylic oxidation sites excluding steroid dienone is 2. The van der Waals surface area contributed by atoms with Gasteiger partial charge in [0.1, 0.15) is 17.3 Å². The quantitative estimate of drug-likeness (QED) is 0.0921. The van der Waals surface area contributed by atoms with E-state index in [9.17, 15) is 46.6 Å². The van der Waals surface area contributed by atoms with Crippen molar-refractivity contribution in [3.8, 4) is 11.5 Å². The second-order valence-electron chi connectivity index (χ2n) is 14.3. The number of imide groups is 2. The molecule has 6 unspecified atom stereocenters. The summed E-state index contributed by atoms with van der Waals surface area (Å²) < 4.78 is 58.6. The number of phenols is 1. The Bertz CT molecular complexity index is 2350. The maximum Gasteiger partial charge on any atom is 0.573 e. The Morgan fingerprint density at radius 2 is 1.51 bits per heavy atom. The first-order valence-corrected chi connectivity index (χ1v) is 17.7. The zero-order chi connectivity index (χ0) is 39.1. The van der Waals surface area contributed by atoms with E-state index in [-0.39, 0.29) is 40.6 Å². The molecular weight excluding hydrogens is 744 g/mol. The van der Waals surface area contributed by atoms with Gasteiger partial charge in [-0.15, -0.1) is 13.2 Å². The summed E-state index contributed by atoms with van der Waals surface area (Å²) in [5.41, 5.74) is -0.547. The standard InChI is InChI=1S/C41H29ClF4N2O7/c1-40-29(37(52)48(39(40)54)23-11-15-31(43)30(42)17-23)19-27-25(34(40)28-18-24(12-16-32(28)49)55-41(44,45)46)13-14-26-33(27)38(53)47(36(26)51)22-9-7-21(8-10-22)35(50)20-5-3-2-4-6-20/h2-13,15-18,26-27,29,33-34,49H,14,19H2,1H3. The molecule has 55 heavy (non-hydrogen) atoms.